The summed E-state index contributed by atoms with van der Waals surface area (Å²) < 4.78 is 6.37. The van der Waals surface area contributed by atoms with Crippen molar-refractivity contribution in [2.45, 2.75) is 20.8 Å². The SMILES string of the molecule is Cc1cc(C)c(C2=CC(=C3C(=O)c4ccccc4C3=O)C=C(C=Cc3ccc(N(C)C)cc3)O2)c(C)c1. The Morgan fingerprint density at radius 1 is 0.757 bits per heavy atom. The van der Waals surface area contributed by atoms with Gasteiger partial charge in [0.15, 0.2) is 11.6 Å². The number of carbonyl (C=O) groups is 2. The van der Waals surface area contributed by atoms with Gasteiger partial charge in [0.05, 0.1) is 5.57 Å². The van der Waals surface area contributed by atoms with Crippen LogP contribution in [-0.4, -0.2) is 25.7 Å². The number of ketones is 2. The first-order chi connectivity index (χ1) is 17.7. The number of allylic oxidation sites excluding steroid dienone is 5. The van der Waals surface area contributed by atoms with Crippen molar-refractivity contribution in [2.75, 3.05) is 19.0 Å². The Morgan fingerprint density at radius 3 is 1.92 bits per heavy atom. The van der Waals surface area contributed by atoms with Crippen LogP contribution >= 0.6 is 0 Å². The molecule has 2 aliphatic rings. The fraction of sp³-hybridized carbons (Fsp3) is 0.152. The number of Topliss-reactive ketones (excluding diaryl/α,β-unsaturated/α-hetero) is 2. The van der Waals surface area contributed by atoms with E-state index in [0.29, 0.717) is 28.2 Å². The van der Waals surface area contributed by atoms with Gasteiger partial charge in [0.2, 0.25) is 0 Å². The number of hydrogen-bond donors (Lipinski definition) is 0. The standard InChI is InChI=1S/C33H29NO3/c1-20-16-21(2)30(22(3)17-20)29-19-24(31-32(35)27-8-6-7-9-28(27)33(31)36)18-26(37-29)15-12-23-10-13-25(14-11-23)34(4)5/h6-19H,1-5H3. The average Bonchev–Trinajstić information content (AvgIpc) is 3.12. The largest absolute Gasteiger partial charge is 0.457 e. The molecule has 37 heavy (non-hydrogen) atoms. The fourth-order valence-corrected chi connectivity index (χ4v) is 5.02. The van der Waals surface area contributed by atoms with Crippen LogP contribution in [0.25, 0.3) is 11.8 Å². The number of hydrogen-bond acceptors (Lipinski definition) is 4. The van der Waals surface area contributed by atoms with Crippen molar-refractivity contribution in [2.24, 2.45) is 0 Å². The zero-order valence-electron chi connectivity index (χ0n) is 21.8. The molecule has 0 bridgehead atoms. The lowest BCUT2D eigenvalue weighted by atomic mass is 9.94. The minimum Gasteiger partial charge on any atom is -0.457 e. The summed E-state index contributed by atoms with van der Waals surface area (Å²) in [5.41, 5.74) is 8.07. The Hall–Kier alpha value is -4.44. The molecule has 3 aromatic rings. The molecular formula is C33H29NO3. The predicted molar refractivity (Wildman–Crippen MR) is 150 cm³/mol. The molecule has 0 radical (unpaired) electrons. The molecule has 0 amide bonds. The van der Waals surface area contributed by atoms with Crippen LogP contribution in [0.1, 0.15) is 48.5 Å². The molecule has 0 saturated heterocycles. The number of rotatable bonds is 4. The molecule has 4 nitrogen and oxygen atoms in total. The fourth-order valence-electron chi connectivity index (χ4n) is 5.02. The third-order valence-corrected chi connectivity index (χ3v) is 6.74. The van der Waals surface area contributed by atoms with Crippen LogP contribution in [0, 0.1) is 20.8 Å². The van der Waals surface area contributed by atoms with Crippen LogP contribution in [0.4, 0.5) is 5.69 Å². The number of anilines is 1. The number of benzene rings is 3. The molecule has 1 heterocycles. The van der Waals surface area contributed by atoms with Crippen LogP contribution in [0.3, 0.4) is 0 Å². The second-order valence-corrected chi connectivity index (χ2v) is 9.78. The molecule has 0 saturated carbocycles. The summed E-state index contributed by atoms with van der Waals surface area (Å²) in [5, 5.41) is 0. The number of ether oxygens (including phenoxy) is 1. The highest BCUT2D eigenvalue weighted by molar-refractivity contribution is 6.40. The van der Waals surface area contributed by atoms with Crippen molar-refractivity contribution in [3.8, 4) is 0 Å². The van der Waals surface area contributed by atoms with Crippen LogP contribution in [-0.2, 0) is 4.74 Å². The Bertz CT molecular complexity index is 1500. The molecule has 3 aromatic carbocycles. The van der Waals surface area contributed by atoms with Gasteiger partial charge in [-0.15, -0.1) is 0 Å². The topological polar surface area (TPSA) is 46.6 Å². The zero-order valence-corrected chi connectivity index (χ0v) is 21.8. The van der Waals surface area contributed by atoms with Gasteiger partial charge >= 0.3 is 0 Å². The zero-order chi connectivity index (χ0) is 26.3. The van der Waals surface area contributed by atoms with E-state index in [4.69, 9.17) is 4.74 Å². The molecule has 1 aliphatic carbocycles. The molecule has 0 spiro atoms. The normalized spacial score (nSPS) is 15.1. The monoisotopic (exact) mass is 487 g/mol. The summed E-state index contributed by atoms with van der Waals surface area (Å²) >= 11 is 0. The first-order valence-electron chi connectivity index (χ1n) is 12.3. The van der Waals surface area contributed by atoms with E-state index in [1.165, 1.54) is 5.56 Å². The van der Waals surface area contributed by atoms with Crippen molar-refractivity contribution in [3.05, 3.63) is 135 Å². The molecular weight excluding hydrogens is 458 g/mol. The third-order valence-electron chi connectivity index (χ3n) is 6.74. The first kappa shape index (κ1) is 24.3. The van der Waals surface area contributed by atoms with Crippen LogP contribution in [0.2, 0.25) is 0 Å². The quantitative estimate of drug-likeness (QED) is 0.293. The maximum absolute atomic E-state index is 13.3. The van der Waals surface area contributed by atoms with Gasteiger partial charge in [0.1, 0.15) is 11.5 Å². The van der Waals surface area contributed by atoms with Crippen LogP contribution < -0.4 is 4.90 Å². The van der Waals surface area contributed by atoms with Gasteiger partial charge in [0, 0.05) is 36.5 Å². The van der Waals surface area contributed by atoms with Crippen molar-refractivity contribution < 1.29 is 14.3 Å². The van der Waals surface area contributed by atoms with Gasteiger partial charge in [-0.25, -0.2) is 0 Å². The maximum atomic E-state index is 13.3. The van der Waals surface area contributed by atoms with E-state index in [-0.39, 0.29) is 17.1 Å². The summed E-state index contributed by atoms with van der Waals surface area (Å²) in [6, 6.07) is 19.4. The highest BCUT2D eigenvalue weighted by Gasteiger charge is 2.35. The molecule has 1 aliphatic heterocycles. The number of aryl methyl sites for hydroxylation is 3. The lowest BCUT2D eigenvalue weighted by molar-refractivity contribution is 0.0988. The van der Waals surface area contributed by atoms with Gasteiger partial charge < -0.3 is 9.64 Å². The molecule has 0 aromatic heterocycles. The summed E-state index contributed by atoms with van der Waals surface area (Å²) in [6.45, 7) is 6.17. The second kappa shape index (κ2) is 9.55. The van der Waals surface area contributed by atoms with E-state index in [9.17, 15) is 9.59 Å². The minimum atomic E-state index is -0.246. The molecule has 184 valence electrons. The highest BCUT2D eigenvalue weighted by Crippen LogP contribution is 2.36. The molecule has 0 unspecified atom stereocenters. The van der Waals surface area contributed by atoms with E-state index in [1.807, 2.05) is 58.3 Å². The summed E-state index contributed by atoms with van der Waals surface area (Å²) in [6.07, 6.45) is 7.46. The van der Waals surface area contributed by atoms with Crippen molar-refractivity contribution in [3.63, 3.8) is 0 Å². The van der Waals surface area contributed by atoms with E-state index >= 15 is 0 Å². The van der Waals surface area contributed by atoms with Gasteiger partial charge in [-0.1, -0.05) is 60.2 Å². The summed E-state index contributed by atoms with van der Waals surface area (Å²) in [7, 11) is 4.01. The van der Waals surface area contributed by atoms with E-state index in [1.54, 1.807) is 30.3 Å². The number of fused-ring (bicyclic) bond motifs is 1. The Kier molecular flexibility index (Phi) is 6.26. The van der Waals surface area contributed by atoms with E-state index in [0.717, 1.165) is 27.9 Å². The first-order valence-corrected chi connectivity index (χ1v) is 12.3. The van der Waals surface area contributed by atoms with Gasteiger partial charge in [0.25, 0.3) is 0 Å². The molecule has 5 rings (SSSR count). The molecule has 4 heteroatoms. The van der Waals surface area contributed by atoms with Gasteiger partial charge in [-0.05, 0) is 73.4 Å². The third kappa shape index (κ3) is 4.58. The Morgan fingerprint density at radius 2 is 1.35 bits per heavy atom. The van der Waals surface area contributed by atoms with Crippen LogP contribution in [0.15, 0.2) is 95.8 Å². The molecule has 0 N–H and O–H groups in total. The summed E-state index contributed by atoms with van der Waals surface area (Å²) in [5.74, 6) is 0.695. The lowest BCUT2D eigenvalue weighted by Crippen LogP contribution is -2.08. The molecule has 0 fully saturated rings. The van der Waals surface area contributed by atoms with Crippen LogP contribution in [0.5, 0.6) is 0 Å². The van der Waals surface area contributed by atoms with Gasteiger partial charge in [-0.2, -0.15) is 0 Å². The number of nitrogens with zero attached hydrogens (tertiary/aromatic N) is 1. The second-order valence-electron chi connectivity index (χ2n) is 9.78. The van der Waals surface area contributed by atoms with Crippen molar-refractivity contribution >= 4 is 29.1 Å². The predicted octanol–water partition coefficient (Wildman–Crippen LogP) is 7.02. The highest BCUT2D eigenvalue weighted by atomic mass is 16.5. The van der Waals surface area contributed by atoms with Crippen molar-refractivity contribution in [1.82, 2.24) is 0 Å². The average molecular weight is 488 g/mol. The maximum Gasteiger partial charge on any atom is 0.198 e. The van der Waals surface area contributed by atoms with E-state index < -0.39 is 0 Å². The van der Waals surface area contributed by atoms with Gasteiger partial charge in [-0.3, -0.25) is 9.59 Å². The van der Waals surface area contributed by atoms with Crippen molar-refractivity contribution in [1.29, 1.82) is 0 Å². The smallest absolute Gasteiger partial charge is 0.198 e. The number of carbonyl (C=O) groups excluding carboxylic acids is 2. The minimum absolute atomic E-state index is 0.186. The lowest BCUT2D eigenvalue weighted by Gasteiger charge is -2.21. The Labute approximate surface area is 217 Å². The summed E-state index contributed by atoms with van der Waals surface area (Å²) in [4.78, 5) is 28.7. The van der Waals surface area contributed by atoms with E-state index in [2.05, 4.69) is 36.1 Å². The Balaban J connectivity index is 1.61. The molecule has 0 atom stereocenters.